The molecule has 2 aromatic carbocycles. The number of carbonyl (C=O) groups is 1. The Hall–Kier alpha value is -3.25. The monoisotopic (exact) mass is 433 g/mol. The zero-order chi connectivity index (χ0) is 19.5. The van der Waals surface area contributed by atoms with Crippen molar-refractivity contribution in [1.29, 1.82) is 0 Å². The van der Waals surface area contributed by atoms with Crippen LogP contribution >= 0.6 is 15.9 Å². The molecule has 0 saturated heterocycles. The SMILES string of the molecule is COc1cccc(-c2ccc3ccc(NC(=O)c4cccc(Br)c4)nc3n2)c1. The van der Waals surface area contributed by atoms with Crippen LogP contribution in [0, 0.1) is 0 Å². The van der Waals surface area contributed by atoms with Gasteiger partial charge in [0.15, 0.2) is 5.65 Å². The lowest BCUT2D eigenvalue weighted by atomic mass is 10.1. The zero-order valence-electron chi connectivity index (χ0n) is 15.0. The van der Waals surface area contributed by atoms with Crippen LogP contribution in [0.15, 0.2) is 77.3 Å². The number of benzene rings is 2. The Labute approximate surface area is 170 Å². The van der Waals surface area contributed by atoms with Crippen LogP contribution in [0.25, 0.3) is 22.3 Å². The first-order valence-corrected chi connectivity index (χ1v) is 9.41. The van der Waals surface area contributed by atoms with Gasteiger partial charge in [-0.05, 0) is 54.6 Å². The molecule has 138 valence electrons. The number of hydrogen-bond acceptors (Lipinski definition) is 4. The second kappa shape index (κ2) is 7.78. The first kappa shape index (κ1) is 18.1. The zero-order valence-corrected chi connectivity index (χ0v) is 16.6. The lowest BCUT2D eigenvalue weighted by Gasteiger charge is -2.08. The molecule has 0 aliphatic carbocycles. The highest BCUT2D eigenvalue weighted by atomic mass is 79.9. The van der Waals surface area contributed by atoms with Crippen molar-refractivity contribution in [3.8, 4) is 17.0 Å². The molecule has 0 saturated carbocycles. The van der Waals surface area contributed by atoms with Crippen molar-refractivity contribution in [3.63, 3.8) is 0 Å². The Bertz CT molecular complexity index is 1180. The van der Waals surface area contributed by atoms with E-state index >= 15 is 0 Å². The minimum atomic E-state index is -0.225. The van der Waals surface area contributed by atoms with E-state index in [0.717, 1.165) is 26.9 Å². The highest BCUT2D eigenvalue weighted by Crippen LogP contribution is 2.24. The van der Waals surface area contributed by atoms with Gasteiger partial charge in [-0.15, -0.1) is 0 Å². The molecule has 0 aliphatic rings. The number of aromatic nitrogens is 2. The second-order valence-corrected chi connectivity index (χ2v) is 7.05. The first-order valence-electron chi connectivity index (χ1n) is 8.61. The number of pyridine rings is 2. The molecule has 4 rings (SSSR count). The van der Waals surface area contributed by atoms with E-state index in [1.54, 1.807) is 25.3 Å². The molecule has 0 unspecified atom stereocenters. The Kier molecular flexibility index (Phi) is 5.04. The number of carbonyl (C=O) groups excluding carboxylic acids is 1. The maximum absolute atomic E-state index is 12.5. The molecule has 0 atom stereocenters. The van der Waals surface area contributed by atoms with Gasteiger partial charge >= 0.3 is 0 Å². The number of anilines is 1. The van der Waals surface area contributed by atoms with Gasteiger partial charge in [0, 0.05) is 21.0 Å². The van der Waals surface area contributed by atoms with Gasteiger partial charge < -0.3 is 10.1 Å². The average molecular weight is 434 g/mol. The number of rotatable bonds is 4. The summed E-state index contributed by atoms with van der Waals surface area (Å²) < 4.78 is 6.13. The fraction of sp³-hybridized carbons (Fsp3) is 0.0455. The molecule has 2 heterocycles. The average Bonchev–Trinajstić information content (AvgIpc) is 2.73. The number of nitrogens with zero attached hydrogens (tertiary/aromatic N) is 2. The van der Waals surface area contributed by atoms with Gasteiger partial charge in [0.1, 0.15) is 11.6 Å². The second-order valence-electron chi connectivity index (χ2n) is 6.14. The summed E-state index contributed by atoms with van der Waals surface area (Å²) in [7, 11) is 1.63. The Morgan fingerprint density at radius 1 is 0.964 bits per heavy atom. The van der Waals surface area contributed by atoms with Crippen molar-refractivity contribution in [2.45, 2.75) is 0 Å². The highest BCUT2D eigenvalue weighted by molar-refractivity contribution is 9.10. The van der Waals surface area contributed by atoms with E-state index in [1.165, 1.54) is 0 Å². The van der Waals surface area contributed by atoms with Crippen molar-refractivity contribution in [2.75, 3.05) is 12.4 Å². The van der Waals surface area contributed by atoms with E-state index in [1.807, 2.05) is 54.6 Å². The molecule has 0 aliphatic heterocycles. The summed E-state index contributed by atoms with van der Waals surface area (Å²) in [6.07, 6.45) is 0. The molecule has 0 bridgehead atoms. The summed E-state index contributed by atoms with van der Waals surface area (Å²) in [5, 5.41) is 3.72. The maximum Gasteiger partial charge on any atom is 0.256 e. The predicted octanol–water partition coefficient (Wildman–Crippen LogP) is 5.32. The molecule has 1 amide bonds. The van der Waals surface area contributed by atoms with Gasteiger partial charge in [-0.2, -0.15) is 0 Å². The molecule has 6 heteroatoms. The molecule has 2 aromatic heterocycles. The molecule has 4 aromatic rings. The van der Waals surface area contributed by atoms with Crippen molar-refractivity contribution in [3.05, 3.63) is 82.8 Å². The molecular weight excluding hydrogens is 418 g/mol. The van der Waals surface area contributed by atoms with E-state index in [0.29, 0.717) is 17.0 Å². The van der Waals surface area contributed by atoms with Crippen LogP contribution in [-0.4, -0.2) is 23.0 Å². The summed E-state index contributed by atoms with van der Waals surface area (Å²) in [5.41, 5.74) is 2.84. The molecule has 0 radical (unpaired) electrons. The standard InChI is InChI=1S/C22H16BrN3O2/c1-28-18-7-3-4-15(13-18)19-10-8-14-9-11-20(25-21(14)24-19)26-22(27)16-5-2-6-17(23)12-16/h2-13H,1H3,(H,24,25,26,27). The van der Waals surface area contributed by atoms with Crippen LogP contribution in [-0.2, 0) is 0 Å². The normalized spacial score (nSPS) is 10.6. The van der Waals surface area contributed by atoms with E-state index in [4.69, 9.17) is 4.74 Å². The quantitative estimate of drug-likeness (QED) is 0.472. The molecule has 0 fully saturated rings. The van der Waals surface area contributed by atoms with E-state index < -0.39 is 0 Å². The fourth-order valence-electron chi connectivity index (χ4n) is 2.83. The number of halogens is 1. The van der Waals surface area contributed by atoms with Gasteiger partial charge in [0.25, 0.3) is 5.91 Å². The van der Waals surface area contributed by atoms with E-state index in [9.17, 15) is 4.79 Å². The summed E-state index contributed by atoms with van der Waals surface area (Å²) >= 11 is 3.37. The maximum atomic E-state index is 12.5. The van der Waals surface area contributed by atoms with Crippen molar-refractivity contribution >= 4 is 38.7 Å². The third-order valence-electron chi connectivity index (χ3n) is 4.25. The number of nitrogens with one attached hydrogen (secondary N) is 1. The highest BCUT2D eigenvalue weighted by Gasteiger charge is 2.09. The minimum absolute atomic E-state index is 0.225. The lowest BCUT2D eigenvalue weighted by molar-refractivity contribution is 0.102. The van der Waals surface area contributed by atoms with Crippen molar-refractivity contribution in [1.82, 2.24) is 9.97 Å². The van der Waals surface area contributed by atoms with Gasteiger partial charge in [-0.1, -0.05) is 34.1 Å². The topological polar surface area (TPSA) is 64.1 Å². The predicted molar refractivity (Wildman–Crippen MR) is 114 cm³/mol. The van der Waals surface area contributed by atoms with Crippen LogP contribution in [0.5, 0.6) is 5.75 Å². The number of ether oxygens (including phenoxy) is 1. The molecule has 1 N–H and O–H groups in total. The largest absolute Gasteiger partial charge is 0.497 e. The smallest absolute Gasteiger partial charge is 0.256 e. The number of fused-ring (bicyclic) bond motifs is 1. The van der Waals surface area contributed by atoms with Gasteiger partial charge in [0.05, 0.1) is 12.8 Å². The fourth-order valence-corrected chi connectivity index (χ4v) is 3.23. The van der Waals surface area contributed by atoms with Crippen LogP contribution in [0.2, 0.25) is 0 Å². The van der Waals surface area contributed by atoms with Crippen LogP contribution in [0.3, 0.4) is 0 Å². The first-order chi connectivity index (χ1) is 13.6. The van der Waals surface area contributed by atoms with Gasteiger partial charge in [-0.3, -0.25) is 4.79 Å². The Morgan fingerprint density at radius 3 is 2.61 bits per heavy atom. The summed E-state index contributed by atoms with van der Waals surface area (Å²) in [6.45, 7) is 0. The van der Waals surface area contributed by atoms with Crippen LogP contribution in [0.1, 0.15) is 10.4 Å². The molecule has 0 spiro atoms. The summed E-state index contributed by atoms with van der Waals surface area (Å²) in [4.78, 5) is 21.6. The third-order valence-corrected chi connectivity index (χ3v) is 4.74. The van der Waals surface area contributed by atoms with Gasteiger partial charge in [-0.25, -0.2) is 9.97 Å². The van der Waals surface area contributed by atoms with E-state index in [-0.39, 0.29) is 5.91 Å². The van der Waals surface area contributed by atoms with Gasteiger partial charge in [0.2, 0.25) is 0 Å². The summed E-state index contributed by atoms with van der Waals surface area (Å²) in [6, 6.07) is 22.5. The van der Waals surface area contributed by atoms with Crippen LogP contribution < -0.4 is 10.1 Å². The van der Waals surface area contributed by atoms with E-state index in [2.05, 4.69) is 31.2 Å². The summed E-state index contributed by atoms with van der Waals surface area (Å²) in [5.74, 6) is 0.993. The lowest BCUT2D eigenvalue weighted by Crippen LogP contribution is -2.13. The number of amides is 1. The van der Waals surface area contributed by atoms with Crippen molar-refractivity contribution < 1.29 is 9.53 Å². The van der Waals surface area contributed by atoms with Crippen molar-refractivity contribution in [2.24, 2.45) is 0 Å². The minimum Gasteiger partial charge on any atom is -0.497 e. The Balaban J connectivity index is 1.65. The third kappa shape index (κ3) is 3.87. The van der Waals surface area contributed by atoms with Crippen LogP contribution in [0.4, 0.5) is 5.82 Å². The number of methoxy groups -OCH3 is 1. The molecular formula is C22H16BrN3O2. The Morgan fingerprint density at radius 2 is 1.79 bits per heavy atom. The molecule has 28 heavy (non-hydrogen) atoms. The molecule has 5 nitrogen and oxygen atoms in total. The number of hydrogen-bond donors (Lipinski definition) is 1.